The molecule has 0 saturated carbocycles. The Hall–Kier alpha value is -2.63. The maximum Gasteiger partial charge on any atom is 0.349 e. The summed E-state index contributed by atoms with van der Waals surface area (Å²) in [6.07, 6.45) is 0. The maximum absolute atomic E-state index is 11.9. The van der Waals surface area contributed by atoms with Gasteiger partial charge in [-0.2, -0.15) is 4.98 Å². The normalized spacial score (nSPS) is 11.2. The smallest absolute Gasteiger partial charge is 0.349 e. The van der Waals surface area contributed by atoms with E-state index in [0.717, 1.165) is 16.6 Å². The molecule has 6 nitrogen and oxygen atoms in total. The number of aromatic nitrogens is 3. The van der Waals surface area contributed by atoms with Gasteiger partial charge in [0.25, 0.3) is 5.56 Å². The molecule has 0 unspecified atom stereocenters. The molecule has 0 fully saturated rings. The average Bonchev–Trinajstić information content (AvgIpc) is 2.40. The van der Waals surface area contributed by atoms with E-state index in [1.54, 1.807) is 17.7 Å². The van der Waals surface area contributed by atoms with Crippen LogP contribution in [-0.4, -0.2) is 28.6 Å². The van der Waals surface area contributed by atoms with Gasteiger partial charge in [0.15, 0.2) is 5.82 Å². The van der Waals surface area contributed by atoms with E-state index in [2.05, 4.69) is 9.97 Å². The molecule has 20 heavy (non-hydrogen) atoms. The summed E-state index contributed by atoms with van der Waals surface area (Å²) in [4.78, 5) is 31.3. The zero-order chi connectivity index (χ0) is 14.4. The molecule has 3 rings (SSSR count). The molecule has 0 amide bonds. The van der Waals surface area contributed by atoms with Crippen molar-refractivity contribution in [2.24, 2.45) is 7.05 Å². The molecule has 0 radical (unpaired) electrons. The van der Waals surface area contributed by atoms with Gasteiger partial charge in [0.2, 0.25) is 0 Å². The number of aromatic amines is 1. The van der Waals surface area contributed by atoms with Gasteiger partial charge in [-0.1, -0.05) is 6.07 Å². The summed E-state index contributed by atoms with van der Waals surface area (Å²) in [6, 6.07) is 7.70. The van der Waals surface area contributed by atoms with Gasteiger partial charge in [0.1, 0.15) is 0 Å². The Balaban J connectivity index is 2.49. The zero-order valence-electron chi connectivity index (χ0n) is 11.5. The minimum absolute atomic E-state index is 0.391. The number of fused-ring (bicyclic) bond motifs is 2. The highest BCUT2D eigenvalue weighted by atomic mass is 16.2. The van der Waals surface area contributed by atoms with Crippen LogP contribution in [0.4, 0.5) is 5.69 Å². The zero-order valence-corrected chi connectivity index (χ0v) is 11.5. The van der Waals surface area contributed by atoms with E-state index in [-0.39, 0.29) is 0 Å². The summed E-state index contributed by atoms with van der Waals surface area (Å²) < 4.78 is 1.77. The molecular formula is C14H14N4O2. The lowest BCUT2D eigenvalue weighted by molar-refractivity contribution is 0.887. The number of hydrogen-bond acceptors (Lipinski definition) is 4. The first kappa shape index (κ1) is 12.4. The number of benzene rings is 1. The number of rotatable bonds is 1. The molecule has 0 spiro atoms. The molecular weight excluding hydrogens is 256 g/mol. The molecule has 0 aliphatic carbocycles. The monoisotopic (exact) mass is 270 g/mol. The standard InChI is InChI=1S/C14H14N4O2/c1-17(2)9-5-4-8-6-10-12(18(3)11(8)7-9)15-14(20)16-13(10)19/h4-7H,1-3H3,(H,16,19,20). The van der Waals surface area contributed by atoms with Crippen molar-refractivity contribution < 1.29 is 0 Å². The quantitative estimate of drug-likeness (QED) is 0.664. The van der Waals surface area contributed by atoms with Crippen LogP contribution >= 0.6 is 0 Å². The van der Waals surface area contributed by atoms with Gasteiger partial charge in [-0.15, -0.1) is 0 Å². The van der Waals surface area contributed by atoms with Gasteiger partial charge in [-0.05, 0) is 23.6 Å². The molecule has 6 heteroatoms. The van der Waals surface area contributed by atoms with Crippen LogP contribution in [0, 0.1) is 0 Å². The van der Waals surface area contributed by atoms with Crippen LogP contribution in [0.2, 0.25) is 0 Å². The van der Waals surface area contributed by atoms with Crippen LogP contribution < -0.4 is 16.1 Å². The number of nitrogens with zero attached hydrogens (tertiary/aromatic N) is 3. The summed E-state index contributed by atoms with van der Waals surface area (Å²) in [5, 5.41) is 0.927. The van der Waals surface area contributed by atoms with Crippen LogP contribution in [0.25, 0.3) is 22.3 Å². The molecule has 0 saturated heterocycles. The lowest BCUT2D eigenvalue weighted by atomic mass is 10.1. The second-order valence-corrected chi connectivity index (χ2v) is 4.95. The minimum Gasteiger partial charge on any atom is -0.378 e. The fourth-order valence-corrected chi connectivity index (χ4v) is 2.33. The molecule has 1 N–H and O–H groups in total. The minimum atomic E-state index is -0.624. The van der Waals surface area contributed by atoms with Crippen molar-refractivity contribution in [3.05, 3.63) is 45.1 Å². The summed E-state index contributed by atoms with van der Waals surface area (Å²) in [6.45, 7) is 0. The predicted octanol–water partition coefficient (Wildman–Crippen LogP) is 0.793. The van der Waals surface area contributed by atoms with Crippen molar-refractivity contribution in [2.45, 2.75) is 0 Å². The van der Waals surface area contributed by atoms with Gasteiger partial charge in [0, 0.05) is 26.8 Å². The van der Waals surface area contributed by atoms with E-state index in [0.29, 0.717) is 11.4 Å². The first-order valence-corrected chi connectivity index (χ1v) is 6.18. The van der Waals surface area contributed by atoms with Gasteiger partial charge in [0.05, 0.1) is 11.1 Å². The van der Waals surface area contributed by atoms with E-state index in [9.17, 15) is 9.59 Å². The predicted molar refractivity (Wildman–Crippen MR) is 78.6 cm³/mol. The molecule has 2 heterocycles. The van der Waals surface area contributed by atoms with E-state index >= 15 is 0 Å². The van der Waals surface area contributed by atoms with E-state index < -0.39 is 11.2 Å². The Morgan fingerprint density at radius 1 is 1.20 bits per heavy atom. The SMILES string of the molecule is CN(C)c1ccc2cc3c(=O)[nH]c(=O)nc-3n(C)c2c1. The highest BCUT2D eigenvalue weighted by Crippen LogP contribution is 2.25. The van der Waals surface area contributed by atoms with Crippen molar-refractivity contribution in [2.75, 3.05) is 19.0 Å². The summed E-state index contributed by atoms with van der Waals surface area (Å²) in [5.41, 5.74) is 1.34. The Morgan fingerprint density at radius 2 is 1.95 bits per heavy atom. The highest BCUT2D eigenvalue weighted by molar-refractivity contribution is 5.87. The molecule has 1 aromatic carbocycles. The second-order valence-electron chi connectivity index (χ2n) is 4.95. The molecule has 0 bridgehead atoms. The maximum atomic E-state index is 11.9. The van der Waals surface area contributed by atoms with E-state index in [1.165, 1.54) is 0 Å². The number of nitrogens with one attached hydrogen (secondary N) is 1. The fraction of sp³-hybridized carbons (Fsp3) is 0.214. The van der Waals surface area contributed by atoms with Crippen molar-refractivity contribution in [1.82, 2.24) is 14.5 Å². The summed E-state index contributed by atoms with van der Waals surface area (Å²) >= 11 is 0. The number of aryl methyl sites for hydroxylation is 1. The fourth-order valence-electron chi connectivity index (χ4n) is 2.33. The van der Waals surface area contributed by atoms with Crippen LogP contribution in [0.1, 0.15) is 0 Å². The number of H-pyrrole nitrogens is 1. The van der Waals surface area contributed by atoms with Crippen LogP contribution in [0.5, 0.6) is 0 Å². The van der Waals surface area contributed by atoms with Crippen LogP contribution in [-0.2, 0) is 7.05 Å². The van der Waals surface area contributed by atoms with E-state index in [1.807, 2.05) is 37.2 Å². The van der Waals surface area contributed by atoms with E-state index in [4.69, 9.17) is 0 Å². The third kappa shape index (κ3) is 1.77. The summed E-state index contributed by atoms with van der Waals surface area (Å²) in [5.74, 6) is 0.391. The average molecular weight is 270 g/mol. The lowest BCUT2D eigenvalue weighted by Crippen LogP contribution is -2.27. The topological polar surface area (TPSA) is 71.0 Å². The number of hydrogen-bond donors (Lipinski definition) is 1. The van der Waals surface area contributed by atoms with Crippen molar-refractivity contribution in [1.29, 1.82) is 0 Å². The van der Waals surface area contributed by atoms with Crippen LogP contribution in [0.15, 0.2) is 33.9 Å². The lowest BCUT2D eigenvalue weighted by Gasteiger charge is -2.17. The Labute approximate surface area is 114 Å². The molecule has 2 aliphatic rings. The Kier molecular flexibility index (Phi) is 2.60. The number of anilines is 1. The molecule has 102 valence electrons. The Morgan fingerprint density at radius 3 is 2.65 bits per heavy atom. The van der Waals surface area contributed by atoms with Crippen molar-refractivity contribution in [3.63, 3.8) is 0 Å². The van der Waals surface area contributed by atoms with Crippen molar-refractivity contribution >= 4 is 16.6 Å². The Bertz CT molecular complexity index is 892. The molecule has 0 aromatic heterocycles. The highest BCUT2D eigenvalue weighted by Gasteiger charge is 2.15. The van der Waals surface area contributed by atoms with Crippen LogP contribution in [0.3, 0.4) is 0 Å². The first-order chi connectivity index (χ1) is 9.47. The van der Waals surface area contributed by atoms with Gasteiger partial charge in [-0.3, -0.25) is 9.78 Å². The largest absolute Gasteiger partial charge is 0.378 e. The number of pyridine rings is 1. The van der Waals surface area contributed by atoms with Crippen molar-refractivity contribution in [3.8, 4) is 11.4 Å². The second kappa shape index (κ2) is 4.19. The molecule has 2 aliphatic heterocycles. The first-order valence-electron chi connectivity index (χ1n) is 6.18. The third-order valence-electron chi connectivity index (χ3n) is 3.42. The molecule has 1 aromatic rings. The van der Waals surface area contributed by atoms with Gasteiger partial charge in [-0.25, -0.2) is 4.79 Å². The molecule has 0 atom stereocenters. The summed E-state index contributed by atoms with van der Waals surface area (Å²) in [7, 11) is 5.72. The third-order valence-corrected chi connectivity index (χ3v) is 3.42. The van der Waals surface area contributed by atoms with Gasteiger partial charge >= 0.3 is 5.69 Å². The van der Waals surface area contributed by atoms with Gasteiger partial charge < -0.3 is 9.47 Å².